The summed E-state index contributed by atoms with van der Waals surface area (Å²) in [5.74, 6) is -4.79. The molecule has 0 spiro atoms. The number of aliphatic hydroxyl groups excluding tert-OH is 1. The fraction of sp³-hybridized carbons (Fsp3) is 0.583. The van der Waals surface area contributed by atoms with E-state index in [0.717, 1.165) is 0 Å². The van der Waals surface area contributed by atoms with Gasteiger partial charge < -0.3 is 37.6 Å². The Labute approximate surface area is 136 Å². The van der Waals surface area contributed by atoms with Gasteiger partial charge in [0.25, 0.3) is 0 Å². The molecule has 12 nitrogen and oxygen atoms in total. The first-order valence-electron chi connectivity index (χ1n) is 6.84. The first-order chi connectivity index (χ1) is 11.1. The number of rotatable bonds is 10. The van der Waals surface area contributed by atoms with Crippen LogP contribution in [0.25, 0.3) is 0 Å². The first kappa shape index (κ1) is 21.3. The normalized spacial score (nSPS) is 14.0. The van der Waals surface area contributed by atoms with Gasteiger partial charge in [-0.25, -0.2) is 4.79 Å². The second-order valence-corrected chi connectivity index (χ2v) is 4.81. The van der Waals surface area contributed by atoms with E-state index < -0.39 is 67.3 Å². The van der Waals surface area contributed by atoms with Crippen molar-refractivity contribution in [2.24, 2.45) is 11.5 Å². The standard InChI is InChI=1S/C12H21N5O7/c1-5(10(21)17-7(4-18)12(23)24)15-11(22)6(2-8(14)19)16-9(20)3-13/h5-7,18H,2-4,13H2,1H3,(H2,14,19)(H,15,22)(H,16,20)(H,17,21)(H,23,24). The fourth-order valence-electron chi connectivity index (χ4n) is 1.53. The third-order valence-corrected chi connectivity index (χ3v) is 2.79. The summed E-state index contributed by atoms with van der Waals surface area (Å²) in [5, 5.41) is 23.9. The summed E-state index contributed by atoms with van der Waals surface area (Å²) in [6.45, 7) is -0.0103. The van der Waals surface area contributed by atoms with Crippen LogP contribution in [0, 0.1) is 0 Å². The van der Waals surface area contributed by atoms with Crippen molar-refractivity contribution in [3.63, 3.8) is 0 Å². The lowest BCUT2D eigenvalue weighted by Crippen LogP contribution is -2.56. The molecule has 136 valence electrons. The minimum atomic E-state index is -1.53. The third kappa shape index (κ3) is 7.51. The van der Waals surface area contributed by atoms with Crippen molar-refractivity contribution < 1.29 is 34.2 Å². The van der Waals surface area contributed by atoms with Gasteiger partial charge in [-0.05, 0) is 6.92 Å². The van der Waals surface area contributed by atoms with Crippen molar-refractivity contribution in [1.82, 2.24) is 16.0 Å². The predicted octanol–water partition coefficient (Wildman–Crippen LogP) is -4.63. The van der Waals surface area contributed by atoms with Crippen molar-refractivity contribution in [1.29, 1.82) is 0 Å². The molecule has 0 aromatic carbocycles. The van der Waals surface area contributed by atoms with E-state index in [1.165, 1.54) is 6.92 Å². The van der Waals surface area contributed by atoms with Gasteiger partial charge in [0.2, 0.25) is 23.6 Å². The minimum Gasteiger partial charge on any atom is -0.480 e. The Bertz CT molecular complexity index is 510. The van der Waals surface area contributed by atoms with Gasteiger partial charge in [0.1, 0.15) is 18.1 Å². The lowest BCUT2D eigenvalue weighted by Gasteiger charge is -2.21. The van der Waals surface area contributed by atoms with E-state index in [2.05, 4.69) is 10.6 Å². The molecular weight excluding hydrogens is 326 g/mol. The van der Waals surface area contributed by atoms with Crippen LogP contribution >= 0.6 is 0 Å². The number of hydrogen-bond donors (Lipinski definition) is 7. The number of nitrogens with two attached hydrogens (primary N) is 2. The van der Waals surface area contributed by atoms with Crippen LogP contribution in [0.3, 0.4) is 0 Å². The Balaban J connectivity index is 4.82. The van der Waals surface area contributed by atoms with E-state index in [0.29, 0.717) is 0 Å². The summed E-state index contributed by atoms with van der Waals surface area (Å²) in [6.07, 6.45) is -0.514. The Kier molecular flexibility index (Phi) is 8.97. The summed E-state index contributed by atoms with van der Waals surface area (Å²) in [7, 11) is 0. The molecule has 3 unspecified atom stereocenters. The average Bonchev–Trinajstić information content (AvgIpc) is 2.50. The molecule has 0 fully saturated rings. The molecule has 0 heterocycles. The molecule has 0 aromatic rings. The summed E-state index contributed by atoms with van der Waals surface area (Å²) < 4.78 is 0. The first-order valence-corrected chi connectivity index (χ1v) is 6.84. The molecule has 0 aliphatic heterocycles. The SMILES string of the molecule is CC(NC(=O)C(CC(N)=O)NC(=O)CN)C(=O)NC(CO)C(=O)O. The zero-order valence-electron chi connectivity index (χ0n) is 12.9. The number of carboxylic acids is 1. The van der Waals surface area contributed by atoms with Gasteiger partial charge in [0.05, 0.1) is 19.6 Å². The fourth-order valence-corrected chi connectivity index (χ4v) is 1.53. The van der Waals surface area contributed by atoms with E-state index in [-0.39, 0.29) is 0 Å². The summed E-state index contributed by atoms with van der Waals surface area (Å²) in [6, 6.07) is -4.06. The third-order valence-electron chi connectivity index (χ3n) is 2.79. The smallest absolute Gasteiger partial charge is 0.328 e. The van der Waals surface area contributed by atoms with Gasteiger partial charge in [-0.3, -0.25) is 19.2 Å². The number of carboxylic acid groups (broad SMARTS) is 1. The molecule has 0 saturated heterocycles. The molecule has 0 aliphatic carbocycles. The quantitative estimate of drug-likeness (QED) is 0.203. The molecule has 4 amide bonds. The zero-order chi connectivity index (χ0) is 18.9. The second-order valence-electron chi connectivity index (χ2n) is 4.81. The van der Waals surface area contributed by atoms with E-state index in [4.69, 9.17) is 21.7 Å². The van der Waals surface area contributed by atoms with Crippen molar-refractivity contribution in [2.75, 3.05) is 13.2 Å². The highest BCUT2D eigenvalue weighted by molar-refractivity contribution is 5.95. The lowest BCUT2D eigenvalue weighted by molar-refractivity contribution is -0.143. The molecule has 0 rings (SSSR count). The Morgan fingerprint density at radius 3 is 2.00 bits per heavy atom. The Morgan fingerprint density at radius 1 is 1.00 bits per heavy atom. The van der Waals surface area contributed by atoms with Crippen LogP contribution in [-0.4, -0.2) is 71.1 Å². The molecule has 0 aliphatic rings. The summed E-state index contributed by atoms with van der Waals surface area (Å²) in [5.41, 5.74) is 10.1. The monoisotopic (exact) mass is 347 g/mol. The zero-order valence-corrected chi connectivity index (χ0v) is 12.9. The molecule has 0 aromatic heterocycles. The van der Waals surface area contributed by atoms with Crippen molar-refractivity contribution in [2.45, 2.75) is 31.5 Å². The van der Waals surface area contributed by atoms with E-state index >= 15 is 0 Å². The number of nitrogens with one attached hydrogen (secondary N) is 3. The van der Waals surface area contributed by atoms with E-state index in [1.54, 1.807) is 0 Å². The highest BCUT2D eigenvalue weighted by Crippen LogP contribution is 1.95. The number of primary amides is 1. The topological polar surface area (TPSA) is 214 Å². The average molecular weight is 347 g/mol. The molecule has 12 heteroatoms. The van der Waals surface area contributed by atoms with Crippen LogP contribution in [0.5, 0.6) is 0 Å². The van der Waals surface area contributed by atoms with Gasteiger partial charge in [-0.2, -0.15) is 0 Å². The van der Waals surface area contributed by atoms with E-state index in [9.17, 15) is 24.0 Å². The van der Waals surface area contributed by atoms with Gasteiger partial charge >= 0.3 is 5.97 Å². The molecule has 0 saturated carbocycles. The van der Waals surface area contributed by atoms with Gasteiger partial charge in [-0.15, -0.1) is 0 Å². The molecule has 3 atom stereocenters. The highest BCUT2D eigenvalue weighted by Gasteiger charge is 2.27. The second kappa shape index (κ2) is 10.1. The highest BCUT2D eigenvalue weighted by atomic mass is 16.4. The Hall–Kier alpha value is -2.73. The molecule has 9 N–H and O–H groups in total. The van der Waals surface area contributed by atoms with Gasteiger partial charge in [-0.1, -0.05) is 0 Å². The lowest BCUT2D eigenvalue weighted by atomic mass is 10.1. The minimum absolute atomic E-state index is 0.421. The van der Waals surface area contributed by atoms with Crippen LogP contribution in [0.4, 0.5) is 0 Å². The number of aliphatic carboxylic acids is 1. The predicted molar refractivity (Wildman–Crippen MR) is 79.1 cm³/mol. The molecular formula is C12H21N5O7. The number of hydrogen-bond acceptors (Lipinski definition) is 7. The van der Waals surface area contributed by atoms with E-state index in [1.807, 2.05) is 5.32 Å². The number of aliphatic hydroxyl groups is 1. The van der Waals surface area contributed by atoms with Crippen LogP contribution in [0.2, 0.25) is 0 Å². The molecule has 24 heavy (non-hydrogen) atoms. The maximum Gasteiger partial charge on any atom is 0.328 e. The number of amides is 4. The number of carbonyl (C=O) groups excluding carboxylic acids is 4. The van der Waals surface area contributed by atoms with Crippen LogP contribution in [0.1, 0.15) is 13.3 Å². The van der Waals surface area contributed by atoms with Crippen molar-refractivity contribution >= 4 is 29.6 Å². The summed E-state index contributed by atoms with van der Waals surface area (Å²) >= 11 is 0. The van der Waals surface area contributed by atoms with Crippen LogP contribution in [0.15, 0.2) is 0 Å². The molecule has 0 bridgehead atoms. The summed E-state index contributed by atoms with van der Waals surface area (Å²) in [4.78, 5) is 56.7. The maximum atomic E-state index is 12.0. The van der Waals surface area contributed by atoms with Crippen molar-refractivity contribution in [3.05, 3.63) is 0 Å². The van der Waals surface area contributed by atoms with Gasteiger partial charge in [0.15, 0.2) is 0 Å². The largest absolute Gasteiger partial charge is 0.480 e. The van der Waals surface area contributed by atoms with Crippen LogP contribution < -0.4 is 27.4 Å². The molecule has 0 radical (unpaired) electrons. The maximum absolute atomic E-state index is 12.0. The number of carbonyl (C=O) groups is 5. The van der Waals surface area contributed by atoms with Crippen LogP contribution in [-0.2, 0) is 24.0 Å². The van der Waals surface area contributed by atoms with Gasteiger partial charge in [0, 0.05) is 0 Å². The van der Waals surface area contributed by atoms with Crippen molar-refractivity contribution in [3.8, 4) is 0 Å². The Morgan fingerprint density at radius 2 is 1.58 bits per heavy atom.